The highest BCUT2D eigenvalue weighted by Crippen LogP contribution is 2.19. The van der Waals surface area contributed by atoms with Crippen LogP contribution in [0.15, 0.2) is 12.3 Å². The van der Waals surface area contributed by atoms with Crippen molar-refractivity contribution in [3.8, 4) is 0 Å². The second-order valence-corrected chi connectivity index (χ2v) is 2.61. The molecule has 7 nitrogen and oxygen atoms in total. The van der Waals surface area contributed by atoms with Crippen LogP contribution < -0.4 is 5.73 Å². The van der Waals surface area contributed by atoms with Crippen LogP contribution in [0.1, 0.15) is 17.3 Å². The number of pyridine rings is 1. The largest absolute Gasteiger partial charge is 0.462 e. The molecule has 0 atom stereocenters. The Kier molecular flexibility index (Phi) is 3.17. The zero-order chi connectivity index (χ0) is 11.4. The van der Waals surface area contributed by atoms with E-state index in [4.69, 9.17) is 5.73 Å². The van der Waals surface area contributed by atoms with Crippen molar-refractivity contribution in [2.24, 2.45) is 0 Å². The van der Waals surface area contributed by atoms with E-state index in [-0.39, 0.29) is 18.0 Å². The fourth-order valence-electron chi connectivity index (χ4n) is 0.936. The molecule has 2 N–H and O–H groups in total. The van der Waals surface area contributed by atoms with E-state index in [1.54, 1.807) is 6.92 Å². The summed E-state index contributed by atoms with van der Waals surface area (Å²) in [5.74, 6) is -0.888. The number of nitrogens with zero attached hydrogens (tertiary/aromatic N) is 2. The van der Waals surface area contributed by atoms with Crippen molar-refractivity contribution >= 4 is 17.5 Å². The van der Waals surface area contributed by atoms with E-state index in [0.29, 0.717) is 0 Å². The summed E-state index contributed by atoms with van der Waals surface area (Å²) in [6, 6.07) is 1.04. The molecule has 80 valence electrons. The van der Waals surface area contributed by atoms with Crippen molar-refractivity contribution in [3.63, 3.8) is 0 Å². The number of carbonyl (C=O) groups excluding carboxylic acids is 1. The Morgan fingerprint density at radius 1 is 1.73 bits per heavy atom. The van der Waals surface area contributed by atoms with Crippen LogP contribution in [0.25, 0.3) is 0 Å². The number of esters is 1. The predicted molar refractivity (Wildman–Crippen MR) is 51.3 cm³/mol. The minimum absolute atomic E-state index is 0.0118. The molecule has 0 aromatic carbocycles. The molecule has 0 aliphatic rings. The van der Waals surface area contributed by atoms with Crippen molar-refractivity contribution < 1.29 is 14.5 Å². The molecule has 1 aromatic rings. The number of nitrogen functional groups attached to an aromatic ring is 1. The maximum Gasteiger partial charge on any atom is 0.339 e. The van der Waals surface area contributed by atoms with Gasteiger partial charge in [0.25, 0.3) is 0 Å². The summed E-state index contributed by atoms with van der Waals surface area (Å²) in [6.07, 6.45) is 1.14. The van der Waals surface area contributed by atoms with Crippen LogP contribution in [0.4, 0.5) is 11.5 Å². The summed E-state index contributed by atoms with van der Waals surface area (Å²) in [5.41, 5.74) is 4.87. The van der Waals surface area contributed by atoms with Gasteiger partial charge in [0, 0.05) is 12.3 Å². The molecular formula is C8H9N3O4. The molecule has 0 saturated carbocycles. The zero-order valence-corrected chi connectivity index (χ0v) is 7.97. The Bertz CT molecular complexity index is 405. The van der Waals surface area contributed by atoms with Gasteiger partial charge in [0.1, 0.15) is 0 Å². The summed E-state index contributed by atoms with van der Waals surface area (Å²) in [5, 5.41) is 10.5. The SMILES string of the molecule is CCOC(=O)c1cnc(N)c([N+](=O)[O-])c1. The second-order valence-electron chi connectivity index (χ2n) is 2.61. The molecule has 0 aliphatic carbocycles. The molecule has 0 spiro atoms. The zero-order valence-electron chi connectivity index (χ0n) is 7.97. The Hall–Kier alpha value is -2.18. The molecule has 15 heavy (non-hydrogen) atoms. The lowest BCUT2D eigenvalue weighted by Crippen LogP contribution is -2.07. The van der Waals surface area contributed by atoms with Crippen molar-refractivity contribution in [1.29, 1.82) is 0 Å². The number of aromatic nitrogens is 1. The number of ether oxygens (including phenoxy) is 1. The highest BCUT2D eigenvalue weighted by molar-refractivity contribution is 5.90. The van der Waals surface area contributed by atoms with Crippen molar-refractivity contribution in [2.45, 2.75) is 6.92 Å². The van der Waals surface area contributed by atoms with E-state index in [1.807, 2.05) is 0 Å². The number of rotatable bonds is 3. The predicted octanol–water partition coefficient (Wildman–Crippen LogP) is 0.749. The number of carbonyl (C=O) groups is 1. The highest BCUT2D eigenvalue weighted by Gasteiger charge is 2.17. The molecule has 1 heterocycles. The number of anilines is 1. The molecule has 0 fully saturated rings. The van der Waals surface area contributed by atoms with Gasteiger partial charge in [-0.15, -0.1) is 0 Å². The van der Waals surface area contributed by atoms with Crippen LogP contribution in [0.2, 0.25) is 0 Å². The summed E-state index contributed by atoms with van der Waals surface area (Å²) in [6.45, 7) is 1.83. The second kappa shape index (κ2) is 4.36. The summed E-state index contributed by atoms with van der Waals surface area (Å²) < 4.78 is 4.66. The molecule has 0 saturated heterocycles. The number of hydrogen-bond donors (Lipinski definition) is 1. The van der Waals surface area contributed by atoms with Gasteiger partial charge in [-0.3, -0.25) is 10.1 Å². The first-order chi connectivity index (χ1) is 7.06. The maximum atomic E-state index is 11.2. The highest BCUT2D eigenvalue weighted by atomic mass is 16.6. The van der Waals surface area contributed by atoms with Crippen LogP contribution in [0, 0.1) is 10.1 Å². The standard InChI is InChI=1S/C8H9N3O4/c1-2-15-8(12)5-3-6(11(13)14)7(9)10-4-5/h3-4H,2H2,1H3,(H2,9,10). The minimum Gasteiger partial charge on any atom is -0.462 e. The first-order valence-electron chi connectivity index (χ1n) is 4.13. The van der Waals surface area contributed by atoms with Crippen LogP contribution >= 0.6 is 0 Å². The molecule has 7 heteroatoms. The Morgan fingerprint density at radius 3 is 2.93 bits per heavy atom. The van der Waals surface area contributed by atoms with Gasteiger partial charge < -0.3 is 10.5 Å². The van der Waals surface area contributed by atoms with Gasteiger partial charge in [-0.05, 0) is 6.92 Å². The first kappa shape index (κ1) is 10.9. The van der Waals surface area contributed by atoms with E-state index in [9.17, 15) is 14.9 Å². The number of hydrogen-bond acceptors (Lipinski definition) is 6. The molecule has 0 bridgehead atoms. The summed E-state index contributed by atoms with van der Waals surface area (Å²) in [4.78, 5) is 24.5. The van der Waals surface area contributed by atoms with E-state index in [2.05, 4.69) is 9.72 Å². The lowest BCUT2D eigenvalue weighted by Gasteiger charge is -2.01. The third-order valence-corrected chi connectivity index (χ3v) is 1.61. The molecule has 1 aromatic heterocycles. The number of nitro groups is 1. The van der Waals surface area contributed by atoms with Crippen LogP contribution in [0.5, 0.6) is 0 Å². The topological polar surface area (TPSA) is 108 Å². The lowest BCUT2D eigenvalue weighted by atomic mass is 10.2. The smallest absolute Gasteiger partial charge is 0.339 e. The van der Waals surface area contributed by atoms with E-state index in [0.717, 1.165) is 12.3 Å². The fourth-order valence-corrected chi connectivity index (χ4v) is 0.936. The van der Waals surface area contributed by atoms with E-state index in [1.165, 1.54) is 0 Å². The monoisotopic (exact) mass is 211 g/mol. The maximum absolute atomic E-state index is 11.2. The van der Waals surface area contributed by atoms with Gasteiger partial charge in [-0.25, -0.2) is 9.78 Å². The fraction of sp³-hybridized carbons (Fsp3) is 0.250. The van der Waals surface area contributed by atoms with Crippen molar-refractivity contribution in [1.82, 2.24) is 4.98 Å². The van der Waals surface area contributed by atoms with E-state index < -0.39 is 16.6 Å². The Labute approximate surface area is 85.0 Å². The quantitative estimate of drug-likeness (QED) is 0.449. The average Bonchev–Trinajstić information content (AvgIpc) is 2.18. The van der Waals surface area contributed by atoms with Gasteiger partial charge in [-0.1, -0.05) is 0 Å². The van der Waals surface area contributed by atoms with Crippen LogP contribution in [0.3, 0.4) is 0 Å². The lowest BCUT2D eigenvalue weighted by molar-refractivity contribution is -0.384. The third-order valence-electron chi connectivity index (χ3n) is 1.61. The Morgan fingerprint density at radius 2 is 2.40 bits per heavy atom. The third kappa shape index (κ3) is 2.39. The molecule has 1 rings (SSSR count). The molecule has 0 amide bonds. The van der Waals surface area contributed by atoms with Gasteiger partial charge in [0.15, 0.2) is 0 Å². The first-order valence-corrected chi connectivity index (χ1v) is 4.13. The Balaban J connectivity index is 3.07. The minimum atomic E-state index is -0.703. The molecule has 0 unspecified atom stereocenters. The molecule has 0 radical (unpaired) electrons. The van der Waals surface area contributed by atoms with Gasteiger partial charge in [0.2, 0.25) is 5.82 Å². The van der Waals surface area contributed by atoms with Crippen LogP contribution in [-0.2, 0) is 4.74 Å². The average molecular weight is 211 g/mol. The molecule has 0 aliphatic heterocycles. The van der Waals surface area contributed by atoms with Crippen molar-refractivity contribution in [3.05, 3.63) is 27.9 Å². The van der Waals surface area contributed by atoms with Crippen molar-refractivity contribution in [2.75, 3.05) is 12.3 Å². The molecular weight excluding hydrogens is 202 g/mol. The van der Waals surface area contributed by atoms with Crippen LogP contribution in [-0.4, -0.2) is 22.5 Å². The van der Waals surface area contributed by atoms with E-state index >= 15 is 0 Å². The summed E-state index contributed by atoms with van der Waals surface area (Å²) in [7, 11) is 0. The van der Waals surface area contributed by atoms with Gasteiger partial charge in [-0.2, -0.15) is 0 Å². The normalized spacial score (nSPS) is 9.67. The van der Waals surface area contributed by atoms with Gasteiger partial charge >= 0.3 is 11.7 Å². The number of nitrogens with two attached hydrogens (primary N) is 1. The van der Waals surface area contributed by atoms with Gasteiger partial charge in [0.05, 0.1) is 17.1 Å². The summed E-state index contributed by atoms with van der Waals surface area (Å²) >= 11 is 0.